The molecule has 0 saturated carbocycles. The first kappa shape index (κ1) is 18.1. The second-order valence-electron chi connectivity index (χ2n) is 5.79. The summed E-state index contributed by atoms with van der Waals surface area (Å²) < 4.78 is 28.8. The van der Waals surface area contributed by atoms with Crippen LogP contribution in [0.2, 0.25) is 0 Å². The summed E-state index contributed by atoms with van der Waals surface area (Å²) in [5.74, 6) is -1.98. The van der Waals surface area contributed by atoms with Crippen LogP contribution in [-0.2, 0) is 6.54 Å². The molecule has 1 amide bonds. The van der Waals surface area contributed by atoms with E-state index in [0.717, 1.165) is 17.8 Å². The number of halogens is 2. The van der Waals surface area contributed by atoms with E-state index in [0.29, 0.717) is 12.2 Å². The molecule has 0 saturated heterocycles. The first-order chi connectivity index (χ1) is 11.3. The second kappa shape index (κ2) is 7.53. The quantitative estimate of drug-likeness (QED) is 0.852. The highest BCUT2D eigenvalue weighted by Crippen LogP contribution is 2.20. The van der Waals surface area contributed by atoms with Crippen molar-refractivity contribution in [3.05, 3.63) is 52.9 Å². The van der Waals surface area contributed by atoms with Crippen LogP contribution in [0.25, 0.3) is 0 Å². The minimum absolute atomic E-state index is 0.169. The predicted octanol–water partition coefficient (Wildman–Crippen LogP) is 2.77. The van der Waals surface area contributed by atoms with Crippen LogP contribution in [0.3, 0.4) is 0 Å². The molecule has 1 aromatic heterocycles. The average molecular weight is 337 g/mol. The van der Waals surface area contributed by atoms with Crippen LogP contribution in [0.1, 0.15) is 54.5 Å². The summed E-state index contributed by atoms with van der Waals surface area (Å²) in [6.45, 7) is 6.00. The number of hydrogen-bond donors (Lipinski definition) is 2. The smallest absolute Gasteiger partial charge is 0.269 e. The molecular formula is C17H21F2N3O2. The Hall–Kier alpha value is -2.28. The molecule has 130 valence electrons. The number of aryl methyl sites for hydroxylation is 1. The number of benzene rings is 1. The van der Waals surface area contributed by atoms with Crippen molar-refractivity contribution in [3.8, 4) is 0 Å². The number of hydrogen-bond acceptors (Lipinski definition) is 3. The summed E-state index contributed by atoms with van der Waals surface area (Å²) in [7, 11) is 0. The molecule has 5 nitrogen and oxygen atoms in total. The van der Waals surface area contributed by atoms with Gasteiger partial charge in [-0.25, -0.2) is 8.78 Å². The lowest BCUT2D eigenvalue weighted by atomic mass is 10.1. The largest absolute Gasteiger partial charge is 0.386 e. The first-order valence-corrected chi connectivity index (χ1v) is 7.83. The number of amides is 1. The van der Waals surface area contributed by atoms with Gasteiger partial charge >= 0.3 is 0 Å². The summed E-state index contributed by atoms with van der Waals surface area (Å²) in [4.78, 5) is 12.3. The minimum atomic E-state index is -1.47. The van der Waals surface area contributed by atoms with E-state index in [1.807, 2.05) is 20.8 Å². The van der Waals surface area contributed by atoms with E-state index in [-0.39, 0.29) is 12.5 Å². The number of nitrogens with one attached hydrogen (secondary N) is 1. The fraction of sp³-hybridized carbons (Fsp3) is 0.412. The standard InChI is InChI=1S/C17H21F2N3O2/c1-4-22-14(8-13(21-22)10(2)3)17(24)20-9-15(23)16-11(18)6-5-7-12(16)19/h5-8,10,15,23H,4,9H2,1-3H3,(H,20,24). The van der Waals surface area contributed by atoms with Crippen molar-refractivity contribution in [1.29, 1.82) is 0 Å². The third-order valence-electron chi connectivity index (χ3n) is 3.71. The van der Waals surface area contributed by atoms with Crippen molar-refractivity contribution in [3.63, 3.8) is 0 Å². The Labute approximate surface area is 139 Å². The Bertz CT molecular complexity index is 708. The maximum absolute atomic E-state index is 13.6. The topological polar surface area (TPSA) is 67.2 Å². The van der Waals surface area contributed by atoms with Crippen LogP contribution >= 0.6 is 0 Å². The number of aliphatic hydroxyl groups excluding tert-OH is 1. The van der Waals surface area contributed by atoms with Crippen molar-refractivity contribution in [2.75, 3.05) is 6.54 Å². The predicted molar refractivity (Wildman–Crippen MR) is 85.6 cm³/mol. The van der Waals surface area contributed by atoms with Gasteiger partial charge in [-0.3, -0.25) is 9.48 Å². The Morgan fingerprint density at radius 3 is 2.50 bits per heavy atom. The van der Waals surface area contributed by atoms with Crippen molar-refractivity contribution >= 4 is 5.91 Å². The maximum atomic E-state index is 13.6. The molecule has 0 aliphatic carbocycles. The normalized spacial score (nSPS) is 12.5. The van der Waals surface area contributed by atoms with Gasteiger partial charge in [0.25, 0.3) is 5.91 Å². The molecule has 0 radical (unpaired) electrons. The van der Waals surface area contributed by atoms with E-state index in [4.69, 9.17) is 0 Å². The van der Waals surface area contributed by atoms with E-state index in [2.05, 4.69) is 10.4 Å². The molecule has 2 aromatic rings. The maximum Gasteiger partial charge on any atom is 0.269 e. The van der Waals surface area contributed by atoms with Gasteiger partial charge in [-0.1, -0.05) is 19.9 Å². The molecule has 24 heavy (non-hydrogen) atoms. The molecule has 0 bridgehead atoms. The molecule has 0 spiro atoms. The molecule has 1 heterocycles. The number of aromatic nitrogens is 2. The highest BCUT2D eigenvalue weighted by atomic mass is 19.1. The molecular weight excluding hydrogens is 316 g/mol. The molecule has 0 fully saturated rings. The Kier molecular flexibility index (Phi) is 5.66. The summed E-state index contributed by atoms with van der Waals surface area (Å²) in [6.07, 6.45) is -1.47. The summed E-state index contributed by atoms with van der Waals surface area (Å²) in [5.41, 5.74) is 0.676. The summed E-state index contributed by atoms with van der Waals surface area (Å²) >= 11 is 0. The van der Waals surface area contributed by atoms with Crippen LogP contribution in [0.15, 0.2) is 24.3 Å². The van der Waals surface area contributed by atoms with Gasteiger partial charge in [-0.15, -0.1) is 0 Å². The zero-order valence-corrected chi connectivity index (χ0v) is 13.9. The van der Waals surface area contributed by atoms with Gasteiger partial charge in [0.2, 0.25) is 0 Å². The Morgan fingerprint density at radius 1 is 1.33 bits per heavy atom. The van der Waals surface area contributed by atoms with Gasteiger partial charge in [-0.05, 0) is 31.0 Å². The summed E-state index contributed by atoms with van der Waals surface area (Å²) in [5, 5.41) is 16.8. The highest BCUT2D eigenvalue weighted by Gasteiger charge is 2.20. The highest BCUT2D eigenvalue weighted by molar-refractivity contribution is 5.92. The van der Waals surface area contributed by atoms with E-state index in [9.17, 15) is 18.7 Å². The minimum Gasteiger partial charge on any atom is -0.386 e. The van der Waals surface area contributed by atoms with Gasteiger partial charge in [0, 0.05) is 13.1 Å². The van der Waals surface area contributed by atoms with Crippen LogP contribution in [0.4, 0.5) is 8.78 Å². The van der Waals surface area contributed by atoms with Gasteiger partial charge < -0.3 is 10.4 Å². The summed E-state index contributed by atoms with van der Waals surface area (Å²) in [6, 6.07) is 5.02. The number of rotatable bonds is 6. The van der Waals surface area contributed by atoms with Gasteiger partial charge in [0.15, 0.2) is 0 Å². The fourth-order valence-corrected chi connectivity index (χ4v) is 2.35. The lowest BCUT2D eigenvalue weighted by Crippen LogP contribution is -2.30. The lowest BCUT2D eigenvalue weighted by Gasteiger charge is -2.14. The molecule has 1 unspecified atom stereocenters. The third-order valence-corrected chi connectivity index (χ3v) is 3.71. The fourth-order valence-electron chi connectivity index (χ4n) is 2.35. The average Bonchev–Trinajstić information content (AvgIpc) is 2.97. The van der Waals surface area contributed by atoms with E-state index in [1.165, 1.54) is 6.07 Å². The van der Waals surface area contributed by atoms with Crippen LogP contribution in [0.5, 0.6) is 0 Å². The van der Waals surface area contributed by atoms with Crippen molar-refractivity contribution in [2.45, 2.75) is 39.3 Å². The molecule has 1 aromatic carbocycles. The van der Waals surface area contributed by atoms with Gasteiger partial charge in [0.1, 0.15) is 23.4 Å². The number of nitrogens with zero attached hydrogens (tertiary/aromatic N) is 2. The van der Waals surface area contributed by atoms with E-state index >= 15 is 0 Å². The van der Waals surface area contributed by atoms with Crippen LogP contribution in [0, 0.1) is 11.6 Å². The van der Waals surface area contributed by atoms with Crippen LogP contribution in [-0.4, -0.2) is 27.3 Å². The SMILES string of the molecule is CCn1nc(C(C)C)cc1C(=O)NCC(O)c1c(F)cccc1F. The Balaban J connectivity index is 2.11. The third kappa shape index (κ3) is 3.79. The molecule has 0 aliphatic heterocycles. The second-order valence-corrected chi connectivity index (χ2v) is 5.79. The number of aliphatic hydroxyl groups is 1. The van der Waals surface area contributed by atoms with E-state index < -0.39 is 29.2 Å². The zero-order chi connectivity index (χ0) is 17.9. The zero-order valence-electron chi connectivity index (χ0n) is 13.9. The molecule has 0 aliphatic rings. The van der Waals surface area contributed by atoms with Crippen LogP contribution < -0.4 is 5.32 Å². The number of carbonyl (C=O) groups is 1. The van der Waals surface area contributed by atoms with E-state index in [1.54, 1.807) is 10.7 Å². The van der Waals surface area contributed by atoms with Crippen molar-refractivity contribution in [1.82, 2.24) is 15.1 Å². The first-order valence-electron chi connectivity index (χ1n) is 7.83. The molecule has 2 rings (SSSR count). The van der Waals surface area contributed by atoms with Crippen molar-refractivity contribution < 1.29 is 18.7 Å². The molecule has 7 heteroatoms. The lowest BCUT2D eigenvalue weighted by molar-refractivity contribution is 0.0901. The van der Waals surface area contributed by atoms with Gasteiger partial charge in [0.05, 0.1) is 11.3 Å². The monoisotopic (exact) mass is 337 g/mol. The Morgan fingerprint density at radius 2 is 1.96 bits per heavy atom. The van der Waals surface area contributed by atoms with Gasteiger partial charge in [-0.2, -0.15) is 5.10 Å². The molecule has 1 atom stereocenters. The number of carbonyl (C=O) groups excluding carboxylic acids is 1. The van der Waals surface area contributed by atoms with Crippen molar-refractivity contribution in [2.24, 2.45) is 0 Å². The molecule has 2 N–H and O–H groups in total.